The number of hydrogen-bond donors (Lipinski definition) is 2. The summed E-state index contributed by atoms with van der Waals surface area (Å²) in [6, 6.07) is 11.0. The van der Waals surface area contributed by atoms with Gasteiger partial charge in [0.2, 0.25) is 0 Å². The van der Waals surface area contributed by atoms with Crippen molar-refractivity contribution in [3.05, 3.63) is 58.7 Å². The number of aliphatic hydroxyl groups excluding tert-OH is 1. The minimum Gasteiger partial charge on any atom is -0.390 e. The maximum atomic E-state index is 12.8. The number of aliphatic hydroxyl groups is 2. The van der Waals surface area contributed by atoms with Crippen molar-refractivity contribution in [2.24, 2.45) is 0 Å². The van der Waals surface area contributed by atoms with Gasteiger partial charge in [-0.1, -0.05) is 24.3 Å². The summed E-state index contributed by atoms with van der Waals surface area (Å²) in [5, 5.41) is 22.3. The lowest BCUT2D eigenvalue weighted by Gasteiger charge is -2.36. The smallest absolute Gasteiger partial charge is 0.192 e. The average Bonchev–Trinajstić information content (AvgIpc) is 2.49. The summed E-state index contributed by atoms with van der Waals surface area (Å²) in [6.07, 6.45) is -0.950. The number of Topliss-reactive ketones (excluding diaryl/α,β-unsaturated/α-hetero) is 2. The molecule has 4 nitrogen and oxygen atoms in total. The first-order chi connectivity index (χ1) is 10.9. The molecule has 4 heteroatoms. The average molecular weight is 308 g/mol. The fourth-order valence-electron chi connectivity index (χ4n) is 3.68. The molecule has 116 valence electrons. The van der Waals surface area contributed by atoms with Crippen LogP contribution in [0.15, 0.2) is 47.5 Å². The van der Waals surface area contributed by atoms with Crippen molar-refractivity contribution in [3.8, 4) is 0 Å². The first kappa shape index (κ1) is 14.3. The van der Waals surface area contributed by atoms with Gasteiger partial charge in [-0.25, -0.2) is 0 Å². The molecular weight excluding hydrogens is 292 g/mol. The Hall–Kier alpha value is -2.30. The van der Waals surface area contributed by atoms with E-state index in [1.165, 1.54) is 0 Å². The van der Waals surface area contributed by atoms with Gasteiger partial charge >= 0.3 is 0 Å². The van der Waals surface area contributed by atoms with Crippen molar-refractivity contribution < 1.29 is 19.8 Å². The fourth-order valence-corrected chi connectivity index (χ4v) is 3.68. The Morgan fingerprint density at radius 2 is 1.61 bits per heavy atom. The molecule has 0 aliphatic heterocycles. The van der Waals surface area contributed by atoms with Crippen LogP contribution in [0.2, 0.25) is 0 Å². The van der Waals surface area contributed by atoms with Crippen LogP contribution in [0.1, 0.15) is 40.5 Å². The maximum Gasteiger partial charge on any atom is 0.192 e. The standard InChI is InChI=1S/C19H16O4/c1-19(23)8-14-16(15(20)9-19)18(22)13-7-11-5-3-2-4-10(11)6-12(13)17(14)21/h2-7,15,20,23H,8-9H2,1H3/t15-,19?/m0/s1. The van der Waals surface area contributed by atoms with Gasteiger partial charge in [-0.05, 0) is 29.8 Å². The summed E-state index contributed by atoms with van der Waals surface area (Å²) in [5.41, 5.74) is -0.0704. The zero-order valence-electron chi connectivity index (χ0n) is 12.7. The van der Waals surface area contributed by atoms with E-state index in [-0.39, 0.29) is 35.6 Å². The Labute approximate surface area is 133 Å². The molecule has 2 aliphatic rings. The summed E-state index contributed by atoms with van der Waals surface area (Å²) in [7, 11) is 0. The van der Waals surface area contributed by atoms with Crippen molar-refractivity contribution in [3.63, 3.8) is 0 Å². The van der Waals surface area contributed by atoms with Crippen LogP contribution >= 0.6 is 0 Å². The lowest BCUT2D eigenvalue weighted by molar-refractivity contribution is 0.00378. The molecule has 4 rings (SSSR count). The van der Waals surface area contributed by atoms with Crippen LogP contribution < -0.4 is 0 Å². The summed E-state index contributed by atoms with van der Waals surface area (Å²) >= 11 is 0. The molecule has 0 spiro atoms. The van der Waals surface area contributed by atoms with E-state index in [2.05, 4.69) is 0 Å². The van der Waals surface area contributed by atoms with E-state index in [1.54, 1.807) is 19.1 Å². The van der Waals surface area contributed by atoms with E-state index in [0.717, 1.165) is 10.8 Å². The molecular formula is C19H16O4. The van der Waals surface area contributed by atoms with Crippen LogP contribution in [0, 0.1) is 0 Å². The Bertz CT molecular complexity index is 905. The SMILES string of the molecule is CC1(O)CC2=C(C(=O)c3cc4ccccc4cc3C2=O)[C@@H](O)C1. The van der Waals surface area contributed by atoms with Crippen LogP contribution in [0.3, 0.4) is 0 Å². The number of carbonyl (C=O) groups excluding carboxylic acids is 2. The highest BCUT2D eigenvalue weighted by Crippen LogP contribution is 2.40. The summed E-state index contributed by atoms with van der Waals surface area (Å²) in [5.74, 6) is -0.567. The molecule has 0 fully saturated rings. The lowest BCUT2D eigenvalue weighted by atomic mass is 9.71. The second-order valence-corrected chi connectivity index (χ2v) is 6.69. The summed E-state index contributed by atoms with van der Waals surface area (Å²) in [6.45, 7) is 1.58. The molecule has 0 saturated heterocycles. The van der Waals surface area contributed by atoms with Crippen molar-refractivity contribution in [2.75, 3.05) is 0 Å². The summed E-state index contributed by atoms with van der Waals surface area (Å²) < 4.78 is 0. The molecule has 2 aromatic rings. The Balaban J connectivity index is 1.96. The second-order valence-electron chi connectivity index (χ2n) is 6.69. The van der Waals surface area contributed by atoms with Gasteiger partial charge in [0.1, 0.15) is 0 Å². The zero-order valence-corrected chi connectivity index (χ0v) is 12.7. The largest absolute Gasteiger partial charge is 0.390 e. The number of carbonyl (C=O) groups is 2. The molecule has 0 saturated carbocycles. The highest BCUT2D eigenvalue weighted by Gasteiger charge is 2.43. The molecule has 0 amide bonds. The number of benzene rings is 2. The zero-order chi connectivity index (χ0) is 16.4. The van der Waals surface area contributed by atoms with Gasteiger partial charge in [0.05, 0.1) is 11.7 Å². The van der Waals surface area contributed by atoms with Crippen molar-refractivity contribution in [1.82, 2.24) is 0 Å². The highest BCUT2D eigenvalue weighted by molar-refractivity contribution is 6.28. The van der Waals surface area contributed by atoms with Crippen LogP contribution in [-0.2, 0) is 0 Å². The van der Waals surface area contributed by atoms with E-state index in [4.69, 9.17) is 0 Å². The normalized spacial score (nSPS) is 27.2. The predicted octanol–water partition coefficient (Wildman–Crippen LogP) is 2.42. The monoisotopic (exact) mass is 308 g/mol. The molecule has 1 unspecified atom stereocenters. The van der Waals surface area contributed by atoms with Crippen LogP contribution in [0.4, 0.5) is 0 Å². The first-order valence-corrected chi connectivity index (χ1v) is 7.63. The molecule has 2 aromatic carbocycles. The van der Waals surface area contributed by atoms with E-state index >= 15 is 0 Å². The molecule has 0 bridgehead atoms. The lowest BCUT2D eigenvalue weighted by Crippen LogP contribution is -2.42. The Morgan fingerprint density at radius 3 is 2.22 bits per heavy atom. The van der Waals surface area contributed by atoms with Gasteiger partial charge in [-0.15, -0.1) is 0 Å². The van der Waals surface area contributed by atoms with Crippen molar-refractivity contribution in [1.29, 1.82) is 0 Å². The third kappa shape index (κ3) is 2.06. The number of ketones is 2. The fraction of sp³-hybridized carbons (Fsp3) is 0.263. The first-order valence-electron chi connectivity index (χ1n) is 7.63. The number of fused-ring (bicyclic) bond motifs is 2. The van der Waals surface area contributed by atoms with Gasteiger partial charge < -0.3 is 10.2 Å². The maximum absolute atomic E-state index is 12.8. The Morgan fingerprint density at radius 1 is 1.04 bits per heavy atom. The molecule has 0 radical (unpaired) electrons. The van der Waals surface area contributed by atoms with E-state index in [9.17, 15) is 19.8 Å². The second kappa shape index (κ2) is 4.60. The number of hydrogen-bond acceptors (Lipinski definition) is 4. The van der Waals surface area contributed by atoms with Crippen LogP contribution in [-0.4, -0.2) is 33.5 Å². The molecule has 23 heavy (non-hydrogen) atoms. The van der Waals surface area contributed by atoms with E-state index < -0.39 is 11.7 Å². The summed E-state index contributed by atoms with van der Waals surface area (Å²) in [4.78, 5) is 25.7. The van der Waals surface area contributed by atoms with Gasteiger partial charge in [-0.3, -0.25) is 9.59 Å². The molecule has 2 atom stereocenters. The van der Waals surface area contributed by atoms with Crippen LogP contribution in [0.25, 0.3) is 10.8 Å². The minimum atomic E-state index is -1.18. The van der Waals surface area contributed by atoms with E-state index in [0.29, 0.717) is 11.1 Å². The third-order valence-electron chi connectivity index (χ3n) is 4.74. The molecule has 0 aromatic heterocycles. The predicted molar refractivity (Wildman–Crippen MR) is 85.5 cm³/mol. The van der Waals surface area contributed by atoms with Gasteiger partial charge in [0.25, 0.3) is 0 Å². The molecule has 0 heterocycles. The third-order valence-corrected chi connectivity index (χ3v) is 4.74. The van der Waals surface area contributed by atoms with Gasteiger partial charge in [0.15, 0.2) is 11.6 Å². The topological polar surface area (TPSA) is 74.6 Å². The highest BCUT2D eigenvalue weighted by atomic mass is 16.3. The molecule has 2 N–H and O–H groups in total. The Kier molecular flexibility index (Phi) is 2.86. The number of rotatable bonds is 0. The van der Waals surface area contributed by atoms with Crippen molar-refractivity contribution >= 4 is 22.3 Å². The van der Waals surface area contributed by atoms with E-state index in [1.807, 2.05) is 24.3 Å². The van der Waals surface area contributed by atoms with Crippen LogP contribution in [0.5, 0.6) is 0 Å². The quantitative estimate of drug-likeness (QED) is 0.784. The van der Waals surface area contributed by atoms with Gasteiger partial charge in [0, 0.05) is 35.1 Å². The molecule has 2 aliphatic carbocycles. The minimum absolute atomic E-state index is 0.0633. The van der Waals surface area contributed by atoms with Gasteiger partial charge in [-0.2, -0.15) is 0 Å². The van der Waals surface area contributed by atoms with Crippen molar-refractivity contribution in [2.45, 2.75) is 31.5 Å².